The van der Waals surface area contributed by atoms with Gasteiger partial charge in [0.2, 0.25) is 5.91 Å². The number of ether oxygens (including phenoxy) is 4. The first kappa shape index (κ1) is 26.1. The van der Waals surface area contributed by atoms with Gasteiger partial charge in [-0.15, -0.1) is 0 Å². The Morgan fingerprint density at radius 1 is 1.26 bits per heavy atom. The fourth-order valence-corrected chi connectivity index (χ4v) is 7.50. The Morgan fingerprint density at radius 3 is 2.87 bits per heavy atom. The highest BCUT2D eigenvalue weighted by atomic mass is 16.6. The summed E-state index contributed by atoms with van der Waals surface area (Å²) in [7, 11) is 1.59. The fraction of sp³-hybridized carbons (Fsp3) is 0.621. The van der Waals surface area contributed by atoms with Crippen molar-refractivity contribution in [1.82, 2.24) is 10.6 Å². The molecule has 210 valence electrons. The molecule has 6 rings (SSSR count). The van der Waals surface area contributed by atoms with Gasteiger partial charge in [0.15, 0.2) is 23.7 Å². The molecule has 6 atom stereocenters. The fourth-order valence-electron chi connectivity index (χ4n) is 7.50. The molecule has 10 nitrogen and oxygen atoms in total. The molecule has 3 aliphatic carbocycles. The molecule has 1 amide bonds. The Labute approximate surface area is 227 Å². The number of carbonyl (C=O) groups excluding carboxylic acids is 3. The van der Waals surface area contributed by atoms with Crippen LogP contribution in [0.15, 0.2) is 24.0 Å². The third kappa shape index (κ3) is 4.02. The second kappa shape index (κ2) is 9.82. The van der Waals surface area contributed by atoms with Gasteiger partial charge in [0.25, 0.3) is 0 Å². The van der Waals surface area contributed by atoms with Crippen LogP contribution in [0, 0.1) is 5.92 Å². The molecule has 0 radical (unpaired) electrons. The predicted octanol–water partition coefficient (Wildman–Crippen LogP) is 1.80. The van der Waals surface area contributed by atoms with Gasteiger partial charge in [-0.2, -0.15) is 0 Å². The van der Waals surface area contributed by atoms with E-state index < -0.39 is 35.2 Å². The van der Waals surface area contributed by atoms with E-state index in [1.54, 1.807) is 13.2 Å². The Morgan fingerprint density at radius 2 is 2.10 bits per heavy atom. The van der Waals surface area contributed by atoms with Crippen molar-refractivity contribution < 1.29 is 38.4 Å². The normalized spacial score (nSPS) is 32.3. The van der Waals surface area contributed by atoms with Crippen molar-refractivity contribution in [3.05, 3.63) is 35.1 Å². The SMILES string of the molecule is COc1ccc2c3c1O[C@@H]1C(OC(=O)[C@H](C)OC(=O)CCNC(=O)[C@@H]4CCCN4)=CC[C@]4(O)[C@@H](CCC[C@@]314)C2. The summed E-state index contributed by atoms with van der Waals surface area (Å²) in [6.07, 6.45) is 5.28. The van der Waals surface area contributed by atoms with Crippen LogP contribution in [0.25, 0.3) is 0 Å². The molecule has 0 unspecified atom stereocenters. The molecular weight excluding hydrogens is 504 g/mol. The lowest BCUT2D eigenvalue weighted by molar-refractivity contribution is -0.171. The second-order valence-corrected chi connectivity index (χ2v) is 11.4. The van der Waals surface area contributed by atoms with E-state index in [0.29, 0.717) is 30.1 Å². The zero-order chi connectivity index (χ0) is 27.4. The van der Waals surface area contributed by atoms with E-state index in [9.17, 15) is 19.5 Å². The monoisotopic (exact) mass is 540 g/mol. The Kier molecular flexibility index (Phi) is 6.58. The van der Waals surface area contributed by atoms with E-state index in [1.165, 1.54) is 6.92 Å². The summed E-state index contributed by atoms with van der Waals surface area (Å²) < 4.78 is 23.2. The Hall–Kier alpha value is -3.11. The first-order chi connectivity index (χ1) is 18.8. The Balaban J connectivity index is 1.14. The van der Waals surface area contributed by atoms with Gasteiger partial charge in [0.05, 0.1) is 30.6 Å². The van der Waals surface area contributed by atoms with E-state index in [0.717, 1.165) is 49.8 Å². The van der Waals surface area contributed by atoms with Crippen LogP contribution in [-0.4, -0.2) is 67.0 Å². The summed E-state index contributed by atoms with van der Waals surface area (Å²) in [5.74, 6) is 0.153. The lowest BCUT2D eigenvalue weighted by Crippen LogP contribution is -2.67. The van der Waals surface area contributed by atoms with Gasteiger partial charge in [-0.1, -0.05) is 12.5 Å². The number of amides is 1. The summed E-state index contributed by atoms with van der Waals surface area (Å²) in [5.41, 5.74) is 0.381. The quantitative estimate of drug-likeness (QED) is 0.422. The molecule has 0 aromatic heterocycles. The molecule has 10 heteroatoms. The van der Waals surface area contributed by atoms with Crippen molar-refractivity contribution in [3.63, 3.8) is 0 Å². The van der Waals surface area contributed by atoms with E-state index in [-0.39, 0.29) is 30.8 Å². The number of rotatable bonds is 8. The predicted molar refractivity (Wildman–Crippen MR) is 138 cm³/mol. The van der Waals surface area contributed by atoms with Crippen LogP contribution in [0.2, 0.25) is 0 Å². The van der Waals surface area contributed by atoms with Crippen LogP contribution >= 0.6 is 0 Å². The standard InChI is InChI=1S/C29H36N2O8/c1-16(37-22(32)10-14-31-26(33)19-6-4-13-30-19)27(34)38-21-9-12-29(35)18-5-3-11-28(29)23-17(15-18)7-8-20(36-2)24(23)39-25(21)28/h7-9,16,18-19,25,30,35H,3-6,10-15H2,1-2H3,(H,31,33)/t16-,18-,19-,25+,28+,29-/m0/s1. The first-order valence-electron chi connectivity index (χ1n) is 14.0. The highest BCUT2D eigenvalue weighted by Gasteiger charge is 2.71. The van der Waals surface area contributed by atoms with Crippen LogP contribution in [-0.2, 0) is 35.7 Å². The molecular formula is C29H36N2O8. The molecule has 2 heterocycles. The highest BCUT2D eigenvalue weighted by molar-refractivity contribution is 5.83. The minimum absolute atomic E-state index is 0.0556. The van der Waals surface area contributed by atoms with Gasteiger partial charge >= 0.3 is 11.9 Å². The largest absolute Gasteiger partial charge is 0.493 e. The maximum absolute atomic E-state index is 13.0. The molecule has 5 aliphatic rings. The van der Waals surface area contributed by atoms with Gasteiger partial charge in [0, 0.05) is 12.1 Å². The minimum Gasteiger partial charge on any atom is -0.493 e. The van der Waals surface area contributed by atoms with E-state index in [4.69, 9.17) is 18.9 Å². The maximum atomic E-state index is 13.0. The summed E-state index contributed by atoms with van der Waals surface area (Å²) in [6.45, 7) is 2.40. The van der Waals surface area contributed by atoms with Gasteiger partial charge in [-0.05, 0) is 75.6 Å². The zero-order valence-electron chi connectivity index (χ0n) is 22.4. The maximum Gasteiger partial charge on any atom is 0.352 e. The minimum atomic E-state index is -1.15. The van der Waals surface area contributed by atoms with Crippen LogP contribution in [0.5, 0.6) is 11.5 Å². The van der Waals surface area contributed by atoms with Crippen LogP contribution in [0.4, 0.5) is 0 Å². The number of esters is 2. The lowest BCUT2D eigenvalue weighted by Gasteiger charge is -2.59. The number of carbonyl (C=O) groups is 3. The molecule has 1 aromatic carbocycles. The zero-order valence-corrected chi connectivity index (χ0v) is 22.4. The molecule has 39 heavy (non-hydrogen) atoms. The number of benzene rings is 1. The molecule has 2 aliphatic heterocycles. The van der Waals surface area contributed by atoms with Gasteiger partial charge in [0.1, 0.15) is 5.76 Å². The van der Waals surface area contributed by atoms with Crippen molar-refractivity contribution >= 4 is 17.8 Å². The molecule has 2 bridgehead atoms. The van der Waals surface area contributed by atoms with Crippen molar-refractivity contribution in [1.29, 1.82) is 0 Å². The van der Waals surface area contributed by atoms with Crippen molar-refractivity contribution in [2.45, 2.75) is 87.6 Å². The number of aliphatic hydroxyl groups is 1. The first-order valence-corrected chi connectivity index (χ1v) is 14.0. The van der Waals surface area contributed by atoms with Crippen LogP contribution in [0.1, 0.15) is 63.0 Å². The number of hydrogen-bond acceptors (Lipinski definition) is 9. The average molecular weight is 541 g/mol. The molecule has 3 N–H and O–H groups in total. The summed E-state index contributed by atoms with van der Waals surface area (Å²) in [5, 5.41) is 18.0. The summed E-state index contributed by atoms with van der Waals surface area (Å²) in [6, 6.07) is 3.73. The van der Waals surface area contributed by atoms with Crippen molar-refractivity contribution in [3.8, 4) is 11.5 Å². The third-order valence-corrected chi connectivity index (χ3v) is 9.33. The average Bonchev–Trinajstić information content (AvgIpc) is 3.56. The van der Waals surface area contributed by atoms with E-state index in [2.05, 4.69) is 16.7 Å². The second-order valence-electron chi connectivity index (χ2n) is 11.4. The van der Waals surface area contributed by atoms with Crippen LogP contribution in [0.3, 0.4) is 0 Å². The lowest BCUT2D eigenvalue weighted by atomic mass is 9.47. The van der Waals surface area contributed by atoms with E-state index >= 15 is 0 Å². The molecule has 1 aromatic rings. The van der Waals surface area contributed by atoms with Crippen LogP contribution < -0.4 is 20.1 Å². The molecule has 2 fully saturated rings. The number of hydrogen-bond donors (Lipinski definition) is 3. The summed E-state index contributed by atoms with van der Waals surface area (Å²) >= 11 is 0. The molecule has 1 spiro atoms. The topological polar surface area (TPSA) is 132 Å². The van der Waals surface area contributed by atoms with Crippen molar-refractivity contribution in [2.24, 2.45) is 5.92 Å². The third-order valence-electron chi connectivity index (χ3n) is 9.33. The van der Waals surface area contributed by atoms with Gasteiger partial charge in [-0.3, -0.25) is 9.59 Å². The number of methoxy groups -OCH3 is 1. The highest BCUT2D eigenvalue weighted by Crippen LogP contribution is 2.67. The summed E-state index contributed by atoms with van der Waals surface area (Å²) in [4.78, 5) is 37.5. The van der Waals surface area contributed by atoms with Crippen molar-refractivity contribution in [2.75, 3.05) is 20.2 Å². The van der Waals surface area contributed by atoms with Gasteiger partial charge in [-0.25, -0.2) is 4.79 Å². The van der Waals surface area contributed by atoms with Gasteiger partial charge < -0.3 is 34.7 Å². The molecule has 1 saturated carbocycles. The molecule has 1 saturated heterocycles. The Bertz CT molecular complexity index is 1220. The number of nitrogens with one attached hydrogen (secondary N) is 2. The van der Waals surface area contributed by atoms with E-state index in [1.807, 2.05) is 6.07 Å². The smallest absolute Gasteiger partial charge is 0.352 e.